The maximum Gasteiger partial charge on any atom is 0.158 e. The largest absolute Gasteiger partial charge is 0.228 e. The molecule has 3 nitrogen and oxygen atoms in total. The second-order valence-electron chi connectivity index (χ2n) is 5.00. The highest BCUT2D eigenvalue weighted by atomic mass is 32.2. The second-order valence-corrected chi connectivity index (χ2v) is 7.22. The monoisotopic (exact) mass is 263 g/mol. The molecule has 0 bridgehead atoms. The van der Waals surface area contributed by atoms with Crippen LogP contribution >= 0.6 is 0 Å². The summed E-state index contributed by atoms with van der Waals surface area (Å²) < 4.78 is 24.7. The van der Waals surface area contributed by atoms with E-state index in [2.05, 4.69) is 6.07 Å². The predicted octanol–water partition coefficient (Wildman–Crippen LogP) is 2.60. The van der Waals surface area contributed by atoms with Crippen molar-refractivity contribution in [2.24, 2.45) is 5.92 Å². The topological polar surface area (TPSA) is 57.9 Å². The lowest BCUT2D eigenvalue weighted by Crippen LogP contribution is -2.25. The Balaban J connectivity index is 2.20. The zero-order chi connectivity index (χ0) is 13.2. The van der Waals surface area contributed by atoms with Crippen molar-refractivity contribution in [2.75, 3.05) is 0 Å². The van der Waals surface area contributed by atoms with Gasteiger partial charge in [0.25, 0.3) is 0 Å². The Bertz CT molecular complexity index is 572. The van der Waals surface area contributed by atoms with E-state index in [0.29, 0.717) is 12.8 Å². The predicted molar refractivity (Wildman–Crippen MR) is 70.5 cm³/mol. The van der Waals surface area contributed by atoms with Gasteiger partial charge in [0.2, 0.25) is 0 Å². The van der Waals surface area contributed by atoms with Crippen molar-refractivity contribution < 1.29 is 8.42 Å². The average Bonchev–Trinajstić information content (AvgIpc) is 2.77. The summed E-state index contributed by atoms with van der Waals surface area (Å²) in [5.41, 5.74) is 1.88. The van der Waals surface area contributed by atoms with Crippen molar-refractivity contribution in [3.63, 3.8) is 0 Å². The van der Waals surface area contributed by atoms with E-state index < -0.39 is 15.1 Å². The molecule has 96 valence electrons. The third kappa shape index (κ3) is 2.73. The third-order valence-corrected chi connectivity index (χ3v) is 5.75. The molecule has 0 heterocycles. The minimum Gasteiger partial charge on any atom is -0.228 e. The minimum atomic E-state index is -3.21. The summed E-state index contributed by atoms with van der Waals surface area (Å²) >= 11 is 0. The number of hydrogen-bond donors (Lipinski definition) is 0. The highest BCUT2D eigenvalue weighted by Crippen LogP contribution is 2.32. The van der Waals surface area contributed by atoms with Crippen molar-refractivity contribution in [3.05, 3.63) is 35.4 Å². The molecular weight excluding hydrogens is 246 g/mol. The van der Waals surface area contributed by atoms with E-state index in [0.717, 1.165) is 17.5 Å². The van der Waals surface area contributed by atoms with Crippen LogP contribution in [0.4, 0.5) is 0 Å². The zero-order valence-corrected chi connectivity index (χ0v) is 11.3. The van der Waals surface area contributed by atoms with E-state index in [-0.39, 0.29) is 11.7 Å². The van der Waals surface area contributed by atoms with Crippen LogP contribution in [0, 0.1) is 24.2 Å². The number of aryl methyl sites for hydroxylation is 1. The van der Waals surface area contributed by atoms with Crippen LogP contribution < -0.4 is 0 Å². The molecule has 0 saturated heterocycles. The Morgan fingerprint density at radius 1 is 1.39 bits per heavy atom. The molecule has 2 unspecified atom stereocenters. The molecule has 1 saturated carbocycles. The Morgan fingerprint density at radius 2 is 2.17 bits per heavy atom. The molecule has 0 aliphatic heterocycles. The van der Waals surface area contributed by atoms with Gasteiger partial charge in [-0.3, -0.25) is 0 Å². The van der Waals surface area contributed by atoms with Gasteiger partial charge in [0, 0.05) is 0 Å². The molecule has 0 N–H and O–H groups in total. The second kappa shape index (κ2) is 5.11. The molecular formula is C14H17NO2S. The summed E-state index contributed by atoms with van der Waals surface area (Å²) in [4.78, 5) is 0. The first-order valence-electron chi connectivity index (χ1n) is 6.19. The molecule has 0 radical (unpaired) electrons. The van der Waals surface area contributed by atoms with Crippen molar-refractivity contribution in [1.29, 1.82) is 5.26 Å². The molecule has 4 heteroatoms. The van der Waals surface area contributed by atoms with E-state index in [4.69, 9.17) is 5.26 Å². The van der Waals surface area contributed by atoms with E-state index in [9.17, 15) is 8.42 Å². The van der Waals surface area contributed by atoms with Crippen molar-refractivity contribution in [1.82, 2.24) is 0 Å². The molecule has 18 heavy (non-hydrogen) atoms. The highest BCUT2D eigenvalue weighted by Gasteiger charge is 2.37. The lowest BCUT2D eigenvalue weighted by atomic mass is 10.1. The molecule has 1 aliphatic carbocycles. The lowest BCUT2D eigenvalue weighted by Gasteiger charge is -2.14. The van der Waals surface area contributed by atoms with Crippen molar-refractivity contribution in [3.8, 4) is 6.07 Å². The summed E-state index contributed by atoms with van der Waals surface area (Å²) in [6.07, 6.45) is 2.19. The maximum absolute atomic E-state index is 12.3. The van der Waals surface area contributed by atoms with Crippen LogP contribution in [0.5, 0.6) is 0 Å². The van der Waals surface area contributed by atoms with Gasteiger partial charge in [0.1, 0.15) is 0 Å². The first kappa shape index (κ1) is 13.1. The third-order valence-electron chi connectivity index (χ3n) is 3.53. The molecule has 1 aliphatic rings. The highest BCUT2D eigenvalue weighted by molar-refractivity contribution is 7.91. The summed E-state index contributed by atoms with van der Waals surface area (Å²) in [6.45, 7) is 1.95. The summed E-state index contributed by atoms with van der Waals surface area (Å²) in [6, 6.07) is 9.69. The number of nitrogens with zero attached hydrogens (tertiary/aromatic N) is 1. The average molecular weight is 263 g/mol. The zero-order valence-electron chi connectivity index (χ0n) is 10.5. The molecule has 0 spiro atoms. The molecule has 0 amide bonds. The summed E-state index contributed by atoms with van der Waals surface area (Å²) in [5.74, 6) is -0.267. The van der Waals surface area contributed by atoms with Gasteiger partial charge < -0.3 is 0 Å². The van der Waals surface area contributed by atoms with Crippen molar-refractivity contribution in [2.45, 2.75) is 37.2 Å². The number of nitriles is 1. The van der Waals surface area contributed by atoms with Gasteiger partial charge in [-0.25, -0.2) is 8.42 Å². The van der Waals surface area contributed by atoms with Gasteiger partial charge in [-0.2, -0.15) is 5.26 Å². The fourth-order valence-corrected chi connectivity index (χ4v) is 4.73. The van der Waals surface area contributed by atoms with E-state index in [1.165, 1.54) is 0 Å². The number of rotatable bonds is 3. The molecule has 0 aromatic heterocycles. The standard InChI is InChI=1S/C14H17NO2S/c1-11-4-2-5-12(8-11)10-18(16,17)14-7-3-6-13(14)9-15/h2,4-5,8,13-14H,3,6-7,10H2,1H3. The van der Waals surface area contributed by atoms with Crippen LogP contribution in [0.25, 0.3) is 0 Å². The Morgan fingerprint density at radius 3 is 2.83 bits per heavy atom. The van der Waals surface area contributed by atoms with Crippen molar-refractivity contribution >= 4 is 9.84 Å². The minimum absolute atomic E-state index is 0.0531. The van der Waals surface area contributed by atoms with Gasteiger partial charge in [0.05, 0.1) is 23.0 Å². The smallest absolute Gasteiger partial charge is 0.158 e. The summed E-state index contributed by atoms with van der Waals surface area (Å²) in [7, 11) is -3.21. The fraction of sp³-hybridized carbons (Fsp3) is 0.500. The Hall–Kier alpha value is -1.34. The quantitative estimate of drug-likeness (QED) is 0.842. The van der Waals surface area contributed by atoms with Gasteiger partial charge in [-0.05, 0) is 25.3 Å². The number of hydrogen-bond acceptors (Lipinski definition) is 3. The van der Waals surface area contributed by atoms with Crippen LogP contribution in [0.1, 0.15) is 30.4 Å². The van der Waals surface area contributed by atoms with E-state index in [1.807, 2.05) is 31.2 Å². The van der Waals surface area contributed by atoms with Crippen LogP contribution in [-0.4, -0.2) is 13.7 Å². The van der Waals surface area contributed by atoms with Crippen LogP contribution in [0.3, 0.4) is 0 Å². The molecule has 1 aromatic carbocycles. The summed E-state index contributed by atoms with van der Waals surface area (Å²) in [5, 5.41) is 8.53. The maximum atomic E-state index is 12.3. The van der Waals surface area contributed by atoms with Gasteiger partial charge in [-0.1, -0.05) is 36.2 Å². The molecule has 2 atom stereocenters. The van der Waals surface area contributed by atoms with Gasteiger partial charge in [-0.15, -0.1) is 0 Å². The van der Waals surface area contributed by atoms with E-state index >= 15 is 0 Å². The first-order chi connectivity index (χ1) is 8.53. The van der Waals surface area contributed by atoms with Crippen LogP contribution in [-0.2, 0) is 15.6 Å². The molecule has 1 fully saturated rings. The SMILES string of the molecule is Cc1cccc(CS(=O)(=O)C2CCCC2C#N)c1. The Labute approximate surface area is 108 Å². The molecule has 2 rings (SSSR count). The van der Waals surface area contributed by atoms with Crippen LogP contribution in [0.15, 0.2) is 24.3 Å². The van der Waals surface area contributed by atoms with Gasteiger partial charge >= 0.3 is 0 Å². The normalized spacial score (nSPS) is 23.8. The number of sulfone groups is 1. The fourth-order valence-electron chi connectivity index (χ4n) is 2.64. The molecule has 1 aromatic rings. The first-order valence-corrected chi connectivity index (χ1v) is 7.91. The van der Waals surface area contributed by atoms with Gasteiger partial charge in [0.15, 0.2) is 9.84 Å². The lowest BCUT2D eigenvalue weighted by molar-refractivity contribution is 0.564. The Kier molecular flexibility index (Phi) is 3.72. The van der Waals surface area contributed by atoms with Crippen LogP contribution in [0.2, 0.25) is 0 Å². The van der Waals surface area contributed by atoms with E-state index in [1.54, 1.807) is 0 Å². The number of benzene rings is 1.